The molecule has 2 aromatic heterocycles. The van der Waals surface area contributed by atoms with E-state index >= 15 is 0 Å². The van der Waals surface area contributed by atoms with E-state index in [-0.39, 0.29) is 23.3 Å². The highest BCUT2D eigenvalue weighted by Crippen LogP contribution is 2.35. The van der Waals surface area contributed by atoms with Gasteiger partial charge < -0.3 is 14.2 Å². The molecule has 8 nitrogen and oxygen atoms in total. The van der Waals surface area contributed by atoms with Crippen molar-refractivity contribution in [3.05, 3.63) is 63.3 Å². The van der Waals surface area contributed by atoms with E-state index in [1.807, 2.05) is 21.6 Å². The molecule has 0 aromatic carbocycles. The lowest BCUT2D eigenvalue weighted by Gasteiger charge is -2.43. The third-order valence-electron chi connectivity index (χ3n) is 6.59. The number of likely N-dealkylation sites (tertiary alicyclic amines) is 1. The number of pyridine rings is 2. The molecule has 0 spiro atoms. The van der Waals surface area contributed by atoms with E-state index in [4.69, 9.17) is 10.00 Å². The van der Waals surface area contributed by atoms with Gasteiger partial charge in [0.15, 0.2) is 0 Å². The van der Waals surface area contributed by atoms with Gasteiger partial charge in [-0.1, -0.05) is 6.07 Å². The fourth-order valence-electron chi connectivity index (χ4n) is 5.05. The zero-order valence-electron chi connectivity index (χ0n) is 17.4. The molecule has 1 amide bonds. The summed E-state index contributed by atoms with van der Waals surface area (Å²) in [6.45, 7) is 5.68. The number of amides is 1. The Morgan fingerprint density at radius 1 is 1.16 bits per heavy atom. The van der Waals surface area contributed by atoms with E-state index in [9.17, 15) is 9.59 Å². The van der Waals surface area contributed by atoms with Crippen LogP contribution in [0.3, 0.4) is 0 Å². The summed E-state index contributed by atoms with van der Waals surface area (Å²) in [7, 11) is 0. The number of morpholine rings is 1. The molecule has 2 saturated heterocycles. The molecule has 8 heteroatoms. The lowest BCUT2D eigenvalue weighted by molar-refractivity contribution is 0.0338. The monoisotopic (exact) mass is 419 g/mol. The van der Waals surface area contributed by atoms with Crippen LogP contribution in [0.1, 0.15) is 39.6 Å². The first kappa shape index (κ1) is 19.9. The smallest absolute Gasteiger partial charge is 0.255 e. The van der Waals surface area contributed by atoms with Crippen molar-refractivity contribution >= 4 is 5.91 Å². The van der Waals surface area contributed by atoms with Gasteiger partial charge in [-0.25, -0.2) is 4.98 Å². The summed E-state index contributed by atoms with van der Waals surface area (Å²) in [4.78, 5) is 34.4. The lowest BCUT2D eigenvalue weighted by Crippen LogP contribution is -2.49. The normalized spacial score (nSPS) is 23.1. The minimum Gasteiger partial charge on any atom is -0.379 e. The predicted octanol–water partition coefficient (Wildman–Crippen LogP) is 1.21. The molecule has 160 valence electrons. The molecular weight excluding hydrogens is 394 g/mol. The first-order valence-corrected chi connectivity index (χ1v) is 10.8. The second kappa shape index (κ2) is 8.25. The van der Waals surface area contributed by atoms with Gasteiger partial charge >= 0.3 is 0 Å². The maximum absolute atomic E-state index is 13.2. The summed E-state index contributed by atoms with van der Waals surface area (Å²) in [5, 5.41) is 8.91. The van der Waals surface area contributed by atoms with Crippen molar-refractivity contribution in [3.8, 4) is 6.07 Å². The van der Waals surface area contributed by atoms with Gasteiger partial charge in [0.2, 0.25) is 0 Å². The van der Waals surface area contributed by atoms with E-state index in [2.05, 4.69) is 16.0 Å². The second-order valence-electron chi connectivity index (χ2n) is 8.64. The average Bonchev–Trinajstić information content (AvgIpc) is 2.81. The van der Waals surface area contributed by atoms with Crippen molar-refractivity contribution in [1.82, 2.24) is 19.4 Å². The van der Waals surface area contributed by atoms with Crippen molar-refractivity contribution in [3.63, 3.8) is 0 Å². The Balaban J connectivity index is 1.35. The Hall–Kier alpha value is -3.02. The Bertz CT molecular complexity index is 1080. The molecule has 5 heterocycles. The molecule has 0 N–H and O–H groups in total. The molecule has 2 fully saturated rings. The Morgan fingerprint density at radius 2 is 2.00 bits per heavy atom. The van der Waals surface area contributed by atoms with Crippen molar-refractivity contribution in [2.24, 2.45) is 5.92 Å². The summed E-state index contributed by atoms with van der Waals surface area (Å²) in [5.41, 5.74) is 2.77. The third-order valence-corrected chi connectivity index (χ3v) is 6.59. The lowest BCUT2D eigenvalue weighted by atomic mass is 9.82. The fraction of sp³-hybridized carbons (Fsp3) is 0.478. The van der Waals surface area contributed by atoms with Crippen LogP contribution in [0.2, 0.25) is 0 Å². The fourth-order valence-corrected chi connectivity index (χ4v) is 5.05. The largest absolute Gasteiger partial charge is 0.379 e. The zero-order valence-corrected chi connectivity index (χ0v) is 17.4. The van der Waals surface area contributed by atoms with Crippen LogP contribution >= 0.6 is 0 Å². The predicted molar refractivity (Wildman–Crippen MR) is 113 cm³/mol. The Morgan fingerprint density at radius 3 is 2.74 bits per heavy atom. The van der Waals surface area contributed by atoms with Gasteiger partial charge in [0.05, 0.1) is 18.8 Å². The van der Waals surface area contributed by atoms with Gasteiger partial charge in [0.1, 0.15) is 11.8 Å². The Labute approximate surface area is 180 Å². The summed E-state index contributed by atoms with van der Waals surface area (Å²) in [6, 6.07) is 9.25. The van der Waals surface area contributed by atoms with Crippen LogP contribution in [0.4, 0.5) is 0 Å². The van der Waals surface area contributed by atoms with Crippen LogP contribution in [-0.2, 0) is 17.8 Å². The van der Waals surface area contributed by atoms with Gasteiger partial charge in [-0.05, 0) is 30.5 Å². The number of carbonyl (C=O) groups excluding carboxylic acids is 1. The minimum atomic E-state index is -0.0635. The summed E-state index contributed by atoms with van der Waals surface area (Å²) >= 11 is 0. The molecule has 5 rings (SSSR count). The first-order valence-electron chi connectivity index (χ1n) is 10.8. The highest BCUT2D eigenvalue weighted by Gasteiger charge is 2.37. The number of ether oxygens (including phenoxy) is 1. The molecule has 2 atom stereocenters. The number of nitrogens with zero attached hydrogens (tertiary/aromatic N) is 5. The quantitative estimate of drug-likeness (QED) is 0.743. The molecule has 31 heavy (non-hydrogen) atoms. The summed E-state index contributed by atoms with van der Waals surface area (Å²) < 4.78 is 7.35. The SMILES string of the molecule is N#Cc1ccc(C(=O)N2C[C@@H]3C[C@H](C2)c2ccc(CN4CCOCC4)c(=O)n2C3)cn1. The van der Waals surface area contributed by atoms with E-state index in [0.29, 0.717) is 37.4 Å². The Kier molecular flexibility index (Phi) is 5.30. The van der Waals surface area contributed by atoms with Crippen molar-refractivity contribution < 1.29 is 9.53 Å². The second-order valence-corrected chi connectivity index (χ2v) is 8.64. The molecule has 2 aromatic rings. The highest BCUT2D eigenvalue weighted by atomic mass is 16.5. The van der Waals surface area contributed by atoms with E-state index in [0.717, 1.165) is 44.0 Å². The van der Waals surface area contributed by atoms with Crippen LogP contribution < -0.4 is 5.56 Å². The van der Waals surface area contributed by atoms with Crippen LogP contribution in [0.25, 0.3) is 0 Å². The van der Waals surface area contributed by atoms with Crippen molar-refractivity contribution in [1.29, 1.82) is 5.26 Å². The number of piperidine rings is 1. The van der Waals surface area contributed by atoms with Crippen molar-refractivity contribution in [2.75, 3.05) is 39.4 Å². The molecule has 0 aliphatic carbocycles. The maximum atomic E-state index is 13.2. The minimum absolute atomic E-state index is 0.0635. The van der Waals surface area contributed by atoms with Crippen LogP contribution in [-0.4, -0.2) is 64.7 Å². The number of hydrogen-bond acceptors (Lipinski definition) is 6. The van der Waals surface area contributed by atoms with Gasteiger partial charge in [-0.3, -0.25) is 14.5 Å². The van der Waals surface area contributed by atoms with Gasteiger partial charge in [-0.15, -0.1) is 0 Å². The number of rotatable bonds is 3. The zero-order chi connectivity index (χ0) is 21.4. The maximum Gasteiger partial charge on any atom is 0.255 e. The highest BCUT2D eigenvalue weighted by molar-refractivity contribution is 5.94. The number of fused-ring (bicyclic) bond motifs is 4. The molecule has 0 unspecified atom stereocenters. The number of carbonyl (C=O) groups is 1. The van der Waals surface area contributed by atoms with E-state index in [1.54, 1.807) is 12.1 Å². The van der Waals surface area contributed by atoms with Gasteiger partial charge in [0, 0.05) is 62.6 Å². The molecular formula is C23H25N5O3. The molecule has 0 radical (unpaired) electrons. The first-order chi connectivity index (χ1) is 15.1. The molecule has 0 saturated carbocycles. The summed E-state index contributed by atoms with van der Waals surface area (Å²) in [6.07, 6.45) is 2.47. The number of aromatic nitrogens is 2. The van der Waals surface area contributed by atoms with E-state index < -0.39 is 0 Å². The standard InChI is InChI=1S/C23H25N5O3/c24-10-20-3-1-17(11-25-20)22(29)27-12-16-9-19(15-27)21-4-2-18(23(30)28(21)13-16)14-26-5-7-31-8-6-26/h1-4,11,16,19H,5-9,12-15H2/t16-,19+/m0/s1. The van der Waals surface area contributed by atoms with E-state index in [1.165, 1.54) is 6.20 Å². The molecule has 2 bridgehead atoms. The third kappa shape index (κ3) is 3.87. The van der Waals surface area contributed by atoms with Gasteiger partial charge in [0.25, 0.3) is 11.5 Å². The summed E-state index contributed by atoms with van der Waals surface area (Å²) in [5.74, 6) is 0.359. The van der Waals surface area contributed by atoms with Crippen LogP contribution in [0.5, 0.6) is 0 Å². The van der Waals surface area contributed by atoms with Crippen LogP contribution in [0, 0.1) is 17.2 Å². The number of hydrogen-bond donors (Lipinski definition) is 0. The van der Waals surface area contributed by atoms with Crippen LogP contribution in [0.15, 0.2) is 35.3 Å². The van der Waals surface area contributed by atoms with Gasteiger partial charge in [-0.2, -0.15) is 5.26 Å². The topological polar surface area (TPSA) is 91.5 Å². The van der Waals surface area contributed by atoms with Crippen molar-refractivity contribution in [2.45, 2.75) is 25.4 Å². The molecule has 3 aliphatic heterocycles. The average molecular weight is 419 g/mol. The number of nitriles is 1. The molecule has 3 aliphatic rings.